The number of carbonyl (C=O) groups excluding carboxylic acids is 1. The van der Waals surface area contributed by atoms with Gasteiger partial charge in [0.15, 0.2) is 11.3 Å². The van der Waals surface area contributed by atoms with Crippen LogP contribution in [-0.2, 0) is 24.9 Å². The molecule has 4 aromatic rings. The third-order valence-electron chi connectivity index (χ3n) is 7.21. The van der Waals surface area contributed by atoms with E-state index in [4.69, 9.17) is 13.9 Å². The van der Waals surface area contributed by atoms with E-state index >= 15 is 0 Å². The largest absolute Gasteiger partial charge is 0.493 e. The number of nitrogens with one attached hydrogen (secondary N) is 1. The van der Waals surface area contributed by atoms with E-state index in [-0.39, 0.29) is 12.0 Å². The summed E-state index contributed by atoms with van der Waals surface area (Å²) in [5.74, 6) is -0.187. The maximum absolute atomic E-state index is 12.0. The number of piperazine rings is 1. The van der Waals surface area contributed by atoms with Gasteiger partial charge in [-0.05, 0) is 30.2 Å². The molecule has 0 bridgehead atoms. The number of aromatic nitrogens is 3. The van der Waals surface area contributed by atoms with Crippen LogP contribution in [0.3, 0.4) is 0 Å². The van der Waals surface area contributed by atoms with E-state index in [1.165, 1.54) is 10.1 Å². The van der Waals surface area contributed by atoms with Crippen LogP contribution < -0.4 is 15.8 Å². The number of ether oxygens (including phenoxy) is 2. The number of methoxy groups -OCH3 is 1. The van der Waals surface area contributed by atoms with Gasteiger partial charge in [0, 0.05) is 62.7 Å². The van der Waals surface area contributed by atoms with Crippen LogP contribution in [0.5, 0.6) is 5.75 Å². The monoisotopic (exact) mass is 489 g/mol. The van der Waals surface area contributed by atoms with Gasteiger partial charge in [0.25, 0.3) is 0 Å². The van der Waals surface area contributed by atoms with Gasteiger partial charge in [0.1, 0.15) is 6.61 Å². The summed E-state index contributed by atoms with van der Waals surface area (Å²) < 4.78 is 19.2. The molecule has 2 aromatic heterocycles. The second-order valence-corrected chi connectivity index (χ2v) is 9.34. The number of oxazole rings is 1. The van der Waals surface area contributed by atoms with Crippen molar-refractivity contribution >= 4 is 17.1 Å². The quantitative estimate of drug-likeness (QED) is 0.427. The van der Waals surface area contributed by atoms with Crippen molar-refractivity contribution in [2.24, 2.45) is 7.05 Å². The van der Waals surface area contributed by atoms with Crippen LogP contribution in [0, 0.1) is 6.92 Å². The van der Waals surface area contributed by atoms with Gasteiger partial charge in [-0.1, -0.05) is 6.07 Å². The Kier molecular flexibility index (Phi) is 5.42. The van der Waals surface area contributed by atoms with Crippen LogP contribution in [-0.4, -0.2) is 52.0 Å². The minimum absolute atomic E-state index is 0.170. The fraction of sp³-hybridized carbons (Fsp3) is 0.346. The van der Waals surface area contributed by atoms with Gasteiger partial charge in [-0.25, -0.2) is 14.3 Å². The van der Waals surface area contributed by atoms with Crippen molar-refractivity contribution in [3.05, 3.63) is 75.0 Å². The lowest BCUT2D eigenvalue weighted by atomic mass is 9.93. The lowest BCUT2D eigenvalue weighted by Gasteiger charge is -2.34. The SMILES string of the molecule is COc1cc(-n2cc(CN3CCN[C@H](c4ccc5c(c4C)COC5=O)C3)cn2)cc2c1oc(=O)n2C. The molecule has 4 heterocycles. The van der Waals surface area contributed by atoms with Crippen LogP contribution >= 0.6 is 0 Å². The van der Waals surface area contributed by atoms with E-state index in [0.29, 0.717) is 29.0 Å². The highest BCUT2D eigenvalue weighted by Gasteiger charge is 2.28. The molecule has 1 saturated heterocycles. The predicted molar refractivity (Wildman–Crippen MR) is 131 cm³/mol. The standard InChI is InChI=1S/C26H27N5O5/c1-15-18(4-5-19-20(15)14-35-25(19)32)21-13-30(7-6-27-21)11-16-10-28-31(12-16)17-8-22-24(23(9-17)34-3)36-26(33)29(22)2/h4-5,8-10,12,21,27H,6-7,11,13-14H2,1-3H3/t21-/m0/s1. The molecule has 0 saturated carbocycles. The van der Waals surface area contributed by atoms with E-state index in [0.717, 1.165) is 48.6 Å². The van der Waals surface area contributed by atoms with E-state index in [2.05, 4.69) is 22.2 Å². The average molecular weight is 490 g/mol. The summed E-state index contributed by atoms with van der Waals surface area (Å²) >= 11 is 0. The average Bonchev–Trinajstić information content (AvgIpc) is 3.58. The number of hydrogen-bond acceptors (Lipinski definition) is 8. The number of hydrogen-bond donors (Lipinski definition) is 1. The van der Waals surface area contributed by atoms with E-state index in [1.807, 2.05) is 36.7 Å². The van der Waals surface area contributed by atoms with E-state index in [9.17, 15) is 9.59 Å². The molecule has 0 spiro atoms. The van der Waals surface area contributed by atoms with Gasteiger partial charge in [0.05, 0.1) is 30.1 Å². The first-order chi connectivity index (χ1) is 17.4. The maximum atomic E-state index is 12.0. The summed E-state index contributed by atoms with van der Waals surface area (Å²) in [5, 5.41) is 8.19. The molecule has 186 valence electrons. The number of nitrogens with zero attached hydrogens (tertiary/aromatic N) is 4. The molecule has 36 heavy (non-hydrogen) atoms. The fourth-order valence-corrected chi connectivity index (χ4v) is 5.21. The van der Waals surface area contributed by atoms with E-state index in [1.54, 1.807) is 18.8 Å². The minimum Gasteiger partial charge on any atom is -0.493 e. The second-order valence-electron chi connectivity index (χ2n) is 9.34. The van der Waals surface area contributed by atoms with Gasteiger partial charge in [-0.2, -0.15) is 5.10 Å². The third-order valence-corrected chi connectivity index (χ3v) is 7.21. The Morgan fingerprint density at radius 2 is 2.11 bits per heavy atom. The summed E-state index contributed by atoms with van der Waals surface area (Å²) in [6.07, 6.45) is 3.87. The minimum atomic E-state index is -0.437. The number of fused-ring (bicyclic) bond motifs is 2. The molecule has 1 fully saturated rings. The summed E-state index contributed by atoms with van der Waals surface area (Å²) in [5.41, 5.74) is 6.95. The van der Waals surface area contributed by atoms with Crippen LogP contribution in [0.25, 0.3) is 16.8 Å². The molecule has 10 heteroatoms. The highest BCUT2D eigenvalue weighted by Crippen LogP contribution is 2.31. The van der Waals surface area contributed by atoms with Crippen molar-refractivity contribution in [3.8, 4) is 11.4 Å². The molecule has 2 aliphatic heterocycles. The number of aryl methyl sites for hydroxylation is 1. The van der Waals surface area contributed by atoms with Gasteiger partial charge < -0.3 is 19.2 Å². The molecule has 2 aromatic carbocycles. The maximum Gasteiger partial charge on any atom is 0.419 e. The Balaban J connectivity index is 1.22. The lowest BCUT2D eigenvalue weighted by Crippen LogP contribution is -2.45. The van der Waals surface area contributed by atoms with Crippen molar-refractivity contribution in [3.63, 3.8) is 0 Å². The Bertz CT molecular complexity index is 1550. The van der Waals surface area contributed by atoms with Crippen LogP contribution in [0.15, 0.2) is 45.9 Å². The van der Waals surface area contributed by atoms with Gasteiger partial charge in [-0.15, -0.1) is 0 Å². The smallest absolute Gasteiger partial charge is 0.419 e. The molecule has 6 rings (SSSR count). The first-order valence-electron chi connectivity index (χ1n) is 11.9. The molecule has 0 radical (unpaired) electrons. The zero-order chi connectivity index (χ0) is 25.0. The number of esters is 1. The highest BCUT2D eigenvalue weighted by atomic mass is 16.5. The Labute approximate surface area is 207 Å². The zero-order valence-electron chi connectivity index (χ0n) is 20.4. The van der Waals surface area contributed by atoms with Crippen molar-refractivity contribution in [2.45, 2.75) is 26.1 Å². The second kappa shape index (κ2) is 8.65. The molecule has 1 atom stereocenters. The molecular weight excluding hydrogens is 462 g/mol. The molecule has 10 nitrogen and oxygen atoms in total. The van der Waals surface area contributed by atoms with Crippen molar-refractivity contribution in [1.29, 1.82) is 0 Å². The van der Waals surface area contributed by atoms with Crippen LogP contribution in [0.1, 0.15) is 38.7 Å². The summed E-state index contributed by atoms with van der Waals surface area (Å²) in [6, 6.07) is 7.79. The number of carbonyl (C=O) groups is 1. The van der Waals surface area contributed by atoms with Crippen molar-refractivity contribution in [2.75, 3.05) is 26.7 Å². The highest BCUT2D eigenvalue weighted by molar-refractivity contribution is 5.94. The molecule has 0 unspecified atom stereocenters. The van der Waals surface area contributed by atoms with Crippen molar-refractivity contribution < 1.29 is 18.7 Å². The fourth-order valence-electron chi connectivity index (χ4n) is 5.21. The first kappa shape index (κ1) is 22.6. The Morgan fingerprint density at radius 1 is 1.25 bits per heavy atom. The van der Waals surface area contributed by atoms with E-state index < -0.39 is 5.76 Å². The summed E-state index contributed by atoms with van der Waals surface area (Å²) in [6.45, 7) is 5.82. The van der Waals surface area contributed by atoms with Crippen molar-refractivity contribution in [1.82, 2.24) is 24.6 Å². The lowest BCUT2D eigenvalue weighted by molar-refractivity contribution is 0.0535. The number of cyclic esters (lactones) is 1. The zero-order valence-corrected chi connectivity index (χ0v) is 20.4. The van der Waals surface area contributed by atoms with Gasteiger partial charge in [0.2, 0.25) is 0 Å². The van der Waals surface area contributed by atoms with Crippen LogP contribution in [0.2, 0.25) is 0 Å². The summed E-state index contributed by atoms with van der Waals surface area (Å²) in [7, 11) is 3.22. The molecular formula is C26H27N5O5. The molecule has 0 amide bonds. The van der Waals surface area contributed by atoms with Gasteiger partial charge >= 0.3 is 11.7 Å². The predicted octanol–water partition coefficient (Wildman–Crippen LogP) is 2.45. The normalized spacial score (nSPS) is 18.0. The third kappa shape index (κ3) is 3.69. The molecule has 2 aliphatic rings. The Hall–Kier alpha value is -3.89. The molecule has 0 aliphatic carbocycles. The number of rotatable bonds is 5. The number of benzene rings is 2. The Morgan fingerprint density at radius 3 is 2.94 bits per heavy atom. The molecule has 1 N–H and O–H groups in total. The topological polar surface area (TPSA) is 104 Å². The van der Waals surface area contributed by atoms with Gasteiger partial charge in [-0.3, -0.25) is 9.47 Å². The van der Waals surface area contributed by atoms with Crippen LogP contribution in [0.4, 0.5) is 0 Å². The first-order valence-corrected chi connectivity index (χ1v) is 11.9. The summed E-state index contributed by atoms with van der Waals surface area (Å²) in [4.78, 5) is 26.3.